The maximum atomic E-state index is 12.6. The number of fused-ring (bicyclic) bond motifs is 3. The van der Waals surface area contributed by atoms with Gasteiger partial charge in [0.05, 0.1) is 0 Å². The Kier molecular flexibility index (Phi) is 4.19. The number of nitrogens with one attached hydrogen (secondary N) is 1. The van der Waals surface area contributed by atoms with Gasteiger partial charge in [-0.05, 0) is 58.0 Å². The first-order valence-electron chi connectivity index (χ1n) is 9.29. The standard InChI is InChI=1S/C25H15BrN2O/c26-19-8-5-15(6-9-19)24-13-22(23(14-27)25(29)28-24)17-7-10-21-18(12-17)11-16-3-1-2-4-20(16)21/h1-10,12-13H,11H2,(H,28,29). The van der Waals surface area contributed by atoms with Gasteiger partial charge in [-0.2, -0.15) is 5.26 Å². The third kappa shape index (κ3) is 3.00. The summed E-state index contributed by atoms with van der Waals surface area (Å²) in [6, 6.07) is 26.3. The first-order chi connectivity index (χ1) is 14.1. The fourth-order valence-electron chi connectivity index (χ4n) is 4.00. The molecule has 1 aromatic heterocycles. The number of nitrogens with zero attached hydrogens (tertiary/aromatic N) is 1. The van der Waals surface area contributed by atoms with Crippen LogP contribution < -0.4 is 5.56 Å². The molecule has 0 unspecified atom stereocenters. The van der Waals surface area contributed by atoms with Gasteiger partial charge in [-0.1, -0.05) is 70.5 Å². The largest absolute Gasteiger partial charge is 0.321 e. The van der Waals surface area contributed by atoms with Gasteiger partial charge in [0.15, 0.2) is 0 Å². The molecule has 0 saturated carbocycles. The third-order valence-electron chi connectivity index (χ3n) is 5.40. The smallest absolute Gasteiger partial charge is 0.266 e. The van der Waals surface area contributed by atoms with E-state index >= 15 is 0 Å². The molecule has 4 aromatic rings. The summed E-state index contributed by atoms with van der Waals surface area (Å²) in [4.78, 5) is 15.5. The number of aromatic nitrogens is 1. The minimum absolute atomic E-state index is 0.140. The lowest BCUT2D eigenvalue weighted by molar-refractivity contribution is 1.21. The first kappa shape index (κ1) is 17.7. The Morgan fingerprint density at radius 1 is 0.828 bits per heavy atom. The van der Waals surface area contributed by atoms with Crippen molar-refractivity contribution in [3.8, 4) is 39.6 Å². The molecule has 3 aromatic carbocycles. The average molecular weight is 439 g/mol. The lowest BCUT2D eigenvalue weighted by Crippen LogP contribution is -2.12. The van der Waals surface area contributed by atoms with Crippen LogP contribution >= 0.6 is 15.9 Å². The van der Waals surface area contributed by atoms with E-state index in [0.717, 1.165) is 22.0 Å². The van der Waals surface area contributed by atoms with Crippen molar-refractivity contribution in [1.82, 2.24) is 4.98 Å². The quantitative estimate of drug-likeness (QED) is 0.372. The lowest BCUT2D eigenvalue weighted by Gasteiger charge is -2.10. The highest BCUT2D eigenvalue weighted by molar-refractivity contribution is 9.10. The van der Waals surface area contributed by atoms with Crippen molar-refractivity contribution >= 4 is 15.9 Å². The zero-order valence-corrected chi connectivity index (χ0v) is 17.0. The molecule has 0 aliphatic heterocycles. The Bertz CT molecular complexity index is 1360. The number of hydrogen-bond acceptors (Lipinski definition) is 2. The molecule has 0 fully saturated rings. The number of nitriles is 1. The van der Waals surface area contributed by atoms with Crippen LogP contribution in [0.2, 0.25) is 0 Å². The number of rotatable bonds is 2. The van der Waals surface area contributed by atoms with E-state index < -0.39 is 0 Å². The van der Waals surface area contributed by atoms with Crippen LogP contribution in [0.1, 0.15) is 16.7 Å². The van der Waals surface area contributed by atoms with E-state index in [0.29, 0.717) is 11.3 Å². The summed E-state index contributed by atoms with van der Waals surface area (Å²) in [7, 11) is 0. The van der Waals surface area contributed by atoms with Crippen molar-refractivity contribution in [2.45, 2.75) is 6.42 Å². The normalized spacial score (nSPS) is 11.6. The zero-order valence-electron chi connectivity index (χ0n) is 15.4. The average Bonchev–Trinajstić information content (AvgIpc) is 3.11. The number of H-pyrrole nitrogens is 1. The van der Waals surface area contributed by atoms with Crippen molar-refractivity contribution in [3.05, 3.63) is 104 Å². The molecule has 4 heteroatoms. The Balaban J connectivity index is 1.66. The second-order valence-electron chi connectivity index (χ2n) is 7.13. The van der Waals surface area contributed by atoms with Crippen LogP contribution in [0.5, 0.6) is 0 Å². The molecule has 5 rings (SSSR count). The molecule has 0 amide bonds. The summed E-state index contributed by atoms with van der Waals surface area (Å²) >= 11 is 3.43. The van der Waals surface area contributed by atoms with Crippen molar-refractivity contribution in [3.63, 3.8) is 0 Å². The SMILES string of the molecule is N#Cc1c(-c2ccc3c(c2)Cc2ccccc2-3)cc(-c2ccc(Br)cc2)[nH]c1=O. The summed E-state index contributed by atoms with van der Waals surface area (Å²) in [5, 5.41) is 9.62. The van der Waals surface area contributed by atoms with Crippen LogP contribution in [-0.2, 0) is 6.42 Å². The van der Waals surface area contributed by atoms with Crippen LogP contribution in [0.3, 0.4) is 0 Å². The molecule has 1 N–H and O–H groups in total. The van der Waals surface area contributed by atoms with E-state index in [1.807, 2.05) is 36.4 Å². The highest BCUT2D eigenvalue weighted by Gasteiger charge is 2.20. The molecule has 0 atom stereocenters. The number of pyridine rings is 1. The van der Waals surface area contributed by atoms with Gasteiger partial charge in [-0.25, -0.2) is 0 Å². The summed E-state index contributed by atoms with van der Waals surface area (Å²) in [6.07, 6.45) is 0.865. The monoisotopic (exact) mass is 438 g/mol. The maximum Gasteiger partial charge on any atom is 0.266 e. The molecule has 3 nitrogen and oxygen atoms in total. The molecule has 138 valence electrons. The number of benzene rings is 3. The molecule has 1 aliphatic rings. The highest BCUT2D eigenvalue weighted by atomic mass is 79.9. The van der Waals surface area contributed by atoms with Crippen molar-refractivity contribution < 1.29 is 0 Å². The van der Waals surface area contributed by atoms with Gasteiger partial charge in [0.25, 0.3) is 5.56 Å². The Hall–Kier alpha value is -3.42. The molecule has 0 saturated heterocycles. The minimum Gasteiger partial charge on any atom is -0.321 e. The molecular formula is C25H15BrN2O. The van der Waals surface area contributed by atoms with Gasteiger partial charge in [-0.3, -0.25) is 4.79 Å². The van der Waals surface area contributed by atoms with Gasteiger partial charge in [0, 0.05) is 15.7 Å². The summed E-state index contributed by atoms with van der Waals surface area (Å²) in [5.41, 5.74) is 7.92. The topological polar surface area (TPSA) is 56.6 Å². The van der Waals surface area contributed by atoms with E-state index in [2.05, 4.69) is 63.4 Å². The van der Waals surface area contributed by atoms with E-state index in [-0.39, 0.29) is 11.1 Å². The minimum atomic E-state index is -0.369. The molecule has 0 bridgehead atoms. The van der Waals surface area contributed by atoms with Gasteiger partial charge >= 0.3 is 0 Å². The van der Waals surface area contributed by atoms with Crippen molar-refractivity contribution in [2.75, 3.05) is 0 Å². The maximum absolute atomic E-state index is 12.6. The summed E-state index contributed by atoms with van der Waals surface area (Å²) < 4.78 is 0.968. The number of hydrogen-bond donors (Lipinski definition) is 1. The Morgan fingerprint density at radius 3 is 2.34 bits per heavy atom. The van der Waals surface area contributed by atoms with Crippen molar-refractivity contribution in [1.29, 1.82) is 5.26 Å². The van der Waals surface area contributed by atoms with Gasteiger partial charge in [0.1, 0.15) is 11.6 Å². The van der Waals surface area contributed by atoms with Gasteiger partial charge in [-0.15, -0.1) is 0 Å². The second-order valence-corrected chi connectivity index (χ2v) is 8.04. The molecule has 0 radical (unpaired) electrons. The third-order valence-corrected chi connectivity index (χ3v) is 5.93. The Labute approximate surface area is 176 Å². The second kappa shape index (κ2) is 6.88. The summed E-state index contributed by atoms with van der Waals surface area (Å²) in [6.45, 7) is 0. The van der Waals surface area contributed by atoms with Crippen molar-refractivity contribution in [2.24, 2.45) is 0 Å². The molecule has 0 spiro atoms. The molecular weight excluding hydrogens is 424 g/mol. The number of halogens is 1. The van der Waals surface area contributed by atoms with Crippen LogP contribution in [-0.4, -0.2) is 4.98 Å². The highest BCUT2D eigenvalue weighted by Crippen LogP contribution is 2.39. The Morgan fingerprint density at radius 2 is 1.55 bits per heavy atom. The lowest BCUT2D eigenvalue weighted by atomic mass is 9.95. The van der Waals surface area contributed by atoms with E-state index in [1.54, 1.807) is 0 Å². The first-order valence-corrected chi connectivity index (χ1v) is 10.1. The van der Waals surface area contributed by atoms with Crippen LogP contribution in [0.25, 0.3) is 33.5 Å². The van der Waals surface area contributed by atoms with Crippen LogP contribution in [0.4, 0.5) is 0 Å². The summed E-state index contributed by atoms with van der Waals surface area (Å²) in [5.74, 6) is 0. The molecule has 29 heavy (non-hydrogen) atoms. The molecule has 1 heterocycles. The molecule has 1 aliphatic carbocycles. The van der Waals surface area contributed by atoms with E-state index in [1.165, 1.54) is 22.3 Å². The van der Waals surface area contributed by atoms with Crippen LogP contribution in [0.15, 0.2) is 82.1 Å². The van der Waals surface area contributed by atoms with E-state index in [9.17, 15) is 10.1 Å². The fraction of sp³-hybridized carbons (Fsp3) is 0.0400. The number of aromatic amines is 1. The predicted molar refractivity (Wildman–Crippen MR) is 119 cm³/mol. The predicted octanol–water partition coefficient (Wildman–Crippen LogP) is 5.91. The fourth-order valence-corrected chi connectivity index (χ4v) is 4.26. The van der Waals surface area contributed by atoms with Gasteiger partial charge < -0.3 is 4.98 Å². The van der Waals surface area contributed by atoms with Crippen LogP contribution in [0, 0.1) is 11.3 Å². The van der Waals surface area contributed by atoms with E-state index in [4.69, 9.17) is 0 Å². The zero-order chi connectivity index (χ0) is 20.0. The van der Waals surface area contributed by atoms with Gasteiger partial charge in [0.2, 0.25) is 0 Å².